The maximum atomic E-state index is 13.8. The first-order valence-corrected chi connectivity index (χ1v) is 9.16. The Kier molecular flexibility index (Phi) is 3.76. The van der Waals surface area contributed by atoms with E-state index in [1.807, 2.05) is 0 Å². The molecule has 8 heteroatoms. The molecular formula is C21H19NO7. The molecule has 3 heterocycles. The lowest BCUT2D eigenvalue weighted by atomic mass is 9.90. The van der Waals surface area contributed by atoms with Crippen LogP contribution in [0.2, 0.25) is 0 Å². The van der Waals surface area contributed by atoms with Gasteiger partial charge < -0.3 is 23.7 Å². The summed E-state index contributed by atoms with van der Waals surface area (Å²) in [5, 5.41) is 0. The third-order valence-corrected chi connectivity index (χ3v) is 5.80. The Morgan fingerprint density at radius 1 is 1.03 bits per heavy atom. The standard InChI is InChI=1S/C21H19NO7/c1-25-14-5-4-13-17(18(14)26-2)20(24)22-7-6-11-8-15-16(29-10-28-15)9-12(11)19(23)21(13,22)27-3/h4-5,8-9H,6-7,10H2,1-3H3. The lowest BCUT2D eigenvalue weighted by molar-refractivity contribution is -0.0818. The van der Waals surface area contributed by atoms with Crippen molar-refractivity contribution in [1.82, 2.24) is 4.90 Å². The van der Waals surface area contributed by atoms with Gasteiger partial charge in [-0.2, -0.15) is 0 Å². The van der Waals surface area contributed by atoms with E-state index in [9.17, 15) is 9.59 Å². The fourth-order valence-electron chi connectivity index (χ4n) is 4.48. The molecule has 0 N–H and O–H groups in total. The summed E-state index contributed by atoms with van der Waals surface area (Å²) in [6.45, 7) is 0.414. The molecule has 0 radical (unpaired) electrons. The third-order valence-electron chi connectivity index (χ3n) is 5.80. The Morgan fingerprint density at radius 3 is 2.48 bits per heavy atom. The van der Waals surface area contributed by atoms with E-state index in [4.69, 9.17) is 23.7 Å². The molecule has 0 spiro atoms. The number of Topliss-reactive ketones (excluding diaryl/α,β-unsaturated/α-hetero) is 1. The van der Waals surface area contributed by atoms with Gasteiger partial charge in [0, 0.05) is 24.8 Å². The second-order valence-corrected chi connectivity index (χ2v) is 6.97. The minimum absolute atomic E-state index is 0.117. The summed E-state index contributed by atoms with van der Waals surface area (Å²) in [5.74, 6) is 1.15. The van der Waals surface area contributed by atoms with Gasteiger partial charge in [-0.3, -0.25) is 14.5 Å². The van der Waals surface area contributed by atoms with Crippen molar-refractivity contribution in [1.29, 1.82) is 0 Å². The molecule has 0 saturated carbocycles. The summed E-state index contributed by atoms with van der Waals surface area (Å²) in [7, 11) is 4.40. The van der Waals surface area contributed by atoms with Crippen LogP contribution >= 0.6 is 0 Å². The van der Waals surface area contributed by atoms with Crippen molar-refractivity contribution in [2.75, 3.05) is 34.7 Å². The molecule has 0 bridgehead atoms. The van der Waals surface area contributed by atoms with E-state index in [-0.39, 0.29) is 24.0 Å². The Bertz CT molecular complexity index is 1060. The van der Waals surface area contributed by atoms with Crippen molar-refractivity contribution in [3.05, 3.63) is 46.5 Å². The van der Waals surface area contributed by atoms with Crippen LogP contribution in [0.1, 0.15) is 31.8 Å². The first-order valence-electron chi connectivity index (χ1n) is 9.16. The van der Waals surface area contributed by atoms with Crippen LogP contribution in [0.4, 0.5) is 0 Å². The van der Waals surface area contributed by atoms with Gasteiger partial charge in [-0.05, 0) is 36.2 Å². The Morgan fingerprint density at radius 2 is 1.79 bits per heavy atom. The summed E-state index contributed by atoms with van der Waals surface area (Å²) in [5.41, 5.74) is 0.392. The molecule has 2 aromatic carbocycles. The van der Waals surface area contributed by atoms with Gasteiger partial charge in [0.15, 0.2) is 23.0 Å². The van der Waals surface area contributed by atoms with Gasteiger partial charge in [-0.15, -0.1) is 0 Å². The predicted molar refractivity (Wildman–Crippen MR) is 99.9 cm³/mol. The van der Waals surface area contributed by atoms with E-state index >= 15 is 0 Å². The van der Waals surface area contributed by atoms with Crippen LogP contribution in [0.5, 0.6) is 23.0 Å². The second-order valence-electron chi connectivity index (χ2n) is 6.97. The Hall–Kier alpha value is -3.26. The molecular weight excluding hydrogens is 378 g/mol. The minimum Gasteiger partial charge on any atom is -0.493 e. The van der Waals surface area contributed by atoms with Crippen LogP contribution in [0, 0.1) is 0 Å². The topological polar surface area (TPSA) is 83.5 Å². The number of amides is 1. The molecule has 5 rings (SSSR count). The summed E-state index contributed by atoms with van der Waals surface area (Å²) in [6, 6.07) is 6.84. The number of methoxy groups -OCH3 is 3. The number of hydrogen-bond donors (Lipinski definition) is 0. The minimum atomic E-state index is -1.58. The molecule has 29 heavy (non-hydrogen) atoms. The normalized spacial score (nSPS) is 21.4. The van der Waals surface area contributed by atoms with Crippen LogP contribution in [0.3, 0.4) is 0 Å². The SMILES string of the molecule is COc1ccc2c(c1OC)C(=O)N1CCc3cc4c(cc3C(=O)C21OC)OCO4. The third kappa shape index (κ3) is 2.12. The average Bonchev–Trinajstić information content (AvgIpc) is 3.27. The number of hydrogen-bond acceptors (Lipinski definition) is 7. The van der Waals surface area contributed by atoms with Crippen LogP contribution in [0.25, 0.3) is 0 Å². The number of rotatable bonds is 3. The van der Waals surface area contributed by atoms with Crippen molar-refractivity contribution in [2.45, 2.75) is 12.1 Å². The van der Waals surface area contributed by atoms with Crippen molar-refractivity contribution in [2.24, 2.45) is 0 Å². The van der Waals surface area contributed by atoms with E-state index in [0.29, 0.717) is 47.1 Å². The van der Waals surface area contributed by atoms with Gasteiger partial charge in [0.2, 0.25) is 18.3 Å². The van der Waals surface area contributed by atoms with E-state index in [1.165, 1.54) is 26.2 Å². The zero-order chi connectivity index (χ0) is 20.3. The lowest BCUT2D eigenvalue weighted by Crippen LogP contribution is -2.50. The molecule has 1 unspecified atom stereocenters. The smallest absolute Gasteiger partial charge is 0.261 e. The molecule has 0 aromatic heterocycles. The van der Waals surface area contributed by atoms with Gasteiger partial charge in [-0.1, -0.05) is 0 Å². The molecule has 2 aromatic rings. The highest BCUT2D eigenvalue weighted by atomic mass is 16.7. The highest BCUT2D eigenvalue weighted by Crippen LogP contribution is 2.50. The number of fused-ring (bicyclic) bond motifs is 5. The van der Waals surface area contributed by atoms with Gasteiger partial charge in [0.25, 0.3) is 5.91 Å². The molecule has 3 aliphatic rings. The first kappa shape index (κ1) is 17.8. The van der Waals surface area contributed by atoms with Gasteiger partial charge in [0.1, 0.15) is 0 Å². The largest absolute Gasteiger partial charge is 0.493 e. The van der Waals surface area contributed by atoms with E-state index < -0.39 is 5.72 Å². The lowest BCUT2D eigenvalue weighted by Gasteiger charge is -2.34. The highest BCUT2D eigenvalue weighted by Gasteiger charge is 2.58. The monoisotopic (exact) mass is 397 g/mol. The number of benzene rings is 2. The Labute approximate surface area is 166 Å². The van der Waals surface area contributed by atoms with Crippen molar-refractivity contribution >= 4 is 11.7 Å². The zero-order valence-corrected chi connectivity index (χ0v) is 16.2. The van der Waals surface area contributed by atoms with Crippen LogP contribution in [-0.4, -0.2) is 51.3 Å². The zero-order valence-electron chi connectivity index (χ0n) is 16.2. The van der Waals surface area contributed by atoms with Crippen LogP contribution in [0.15, 0.2) is 24.3 Å². The van der Waals surface area contributed by atoms with Crippen LogP contribution in [-0.2, 0) is 16.9 Å². The quantitative estimate of drug-likeness (QED) is 0.785. The predicted octanol–water partition coefficient (Wildman–Crippen LogP) is 2.13. The maximum absolute atomic E-state index is 13.8. The highest BCUT2D eigenvalue weighted by molar-refractivity contribution is 6.14. The first-order chi connectivity index (χ1) is 14.1. The summed E-state index contributed by atoms with van der Waals surface area (Å²) >= 11 is 0. The molecule has 0 aliphatic carbocycles. The summed E-state index contributed by atoms with van der Waals surface area (Å²) < 4.78 is 27.5. The molecule has 150 valence electrons. The van der Waals surface area contributed by atoms with E-state index in [0.717, 1.165) is 5.56 Å². The van der Waals surface area contributed by atoms with Crippen molar-refractivity contribution in [3.63, 3.8) is 0 Å². The summed E-state index contributed by atoms with van der Waals surface area (Å²) in [4.78, 5) is 28.7. The number of carbonyl (C=O) groups is 2. The number of nitrogens with zero attached hydrogens (tertiary/aromatic N) is 1. The Balaban J connectivity index is 1.76. The van der Waals surface area contributed by atoms with Gasteiger partial charge >= 0.3 is 0 Å². The van der Waals surface area contributed by atoms with Gasteiger partial charge in [-0.25, -0.2) is 0 Å². The maximum Gasteiger partial charge on any atom is 0.261 e. The van der Waals surface area contributed by atoms with E-state index in [2.05, 4.69) is 0 Å². The second kappa shape index (κ2) is 6.12. The molecule has 3 aliphatic heterocycles. The molecule has 0 fully saturated rings. The summed E-state index contributed by atoms with van der Waals surface area (Å²) in [6.07, 6.45) is 0.474. The molecule has 0 saturated heterocycles. The fourth-order valence-corrected chi connectivity index (χ4v) is 4.48. The van der Waals surface area contributed by atoms with Crippen LogP contribution < -0.4 is 18.9 Å². The van der Waals surface area contributed by atoms with Crippen molar-refractivity contribution in [3.8, 4) is 23.0 Å². The average molecular weight is 397 g/mol. The molecule has 8 nitrogen and oxygen atoms in total. The van der Waals surface area contributed by atoms with Gasteiger partial charge in [0.05, 0.1) is 19.8 Å². The van der Waals surface area contributed by atoms with E-state index in [1.54, 1.807) is 24.3 Å². The molecule has 1 atom stereocenters. The number of ether oxygens (including phenoxy) is 5. The fraction of sp³-hybridized carbons (Fsp3) is 0.333. The number of ketones is 1. The number of carbonyl (C=O) groups excluding carboxylic acids is 2. The van der Waals surface area contributed by atoms with Crippen molar-refractivity contribution < 1.29 is 33.3 Å². The molecule has 1 amide bonds.